The van der Waals surface area contributed by atoms with Crippen molar-refractivity contribution < 1.29 is 14.7 Å². The van der Waals surface area contributed by atoms with Crippen molar-refractivity contribution in [2.75, 3.05) is 25.5 Å². The fourth-order valence-corrected chi connectivity index (χ4v) is 6.03. The molecule has 0 radical (unpaired) electrons. The van der Waals surface area contributed by atoms with Gasteiger partial charge in [-0.2, -0.15) is 5.10 Å². The Hall–Kier alpha value is -2.91. The molecule has 1 saturated heterocycles. The number of carboxylic acids is 1. The molecule has 36 heavy (non-hydrogen) atoms. The maximum atomic E-state index is 12.4. The standard InChI is InChI=1S/C17H17ClN2O3S.C9H15N3/c18-13-4-2-1-3-12(13)9-15(21)20-7-5-11(6-8-20)16-19-14(10-24-16)17(22)23;1-10-9-7-5-3-4-6-8(7)11-12(9)2/h1-4,10-11H,5-9H2,(H,22,23);10H,3-6H2,1-2H3. The molecule has 5 rings (SSSR count). The van der Waals surface area contributed by atoms with Crippen molar-refractivity contribution in [1.29, 1.82) is 0 Å². The van der Waals surface area contributed by atoms with Crippen LogP contribution in [0.25, 0.3) is 0 Å². The molecule has 192 valence electrons. The number of hydrogen-bond acceptors (Lipinski definition) is 6. The van der Waals surface area contributed by atoms with E-state index in [1.165, 1.54) is 47.7 Å². The molecule has 0 spiro atoms. The molecule has 8 nitrogen and oxygen atoms in total. The van der Waals surface area contributed by atoms with E-state index in [0.717, 1.165) is 29.8 Å². The highest BCUT2D eigenvalue weighted by Crippen LogP contribution is 2.31. The van der Waals surface area contributed by atoms with Crippen LogP contribution in [0.4, 0.5) is 5.82 Å². The molecule has 0 bridgehead atoms. The summed E-state index contributed by atoms with van der Waals surface area (Å²) >= 11 is 7.50. The second kappa shape index (κ2) is 11.9. The predicted molar refractivity (Wildman–Crippen MR) is 142 cm³/mol. The Balaban J connectivity index is 0.000000211. The molecule has 1 aliphatic carbocycles. The zero-order valence-corrected chi connectivity index (χ0v) is 22.2. The summed E-state index contributed by atoms with van der Waals surface area (Å²) < 4.78 is 1.95. The van der Waals surface area contributed by atoms with Gasteiger partial charge in [-0.05, 0) is 50.2 Å². The Kier molecular flexibility index (Phi) is 8.64. The van der Waals surface area contributed by atoms with Gasteiger partial charge in [0, 0.05) is 49.1 Å². The van der Waals surface area contributed by atoms with Crippen LogP contribution in [0.15, 0.2) is 29.6 Å². The Morgan fingerprint density at radius 2 is 1.92 bits per heavy atom. The monoisotopic (exact) mass is 529 g/mol. The van der Waals surface area contributed by atoms with Gasteiger partial charge in [0.1, 0.15) is 5.82 Å². The van der Waals surface area contributed by atoms with Crippen molar-refractivity contribution in [1.82, 2.24) is 19.7 Å². The number of nitrogens with zero attached hydrogens (tertiary/aromatic N) is 4. The molecular weight excluding hydrogens is 498 g/mol. The minimum absolute atomic E-state index is 0.0758. The van der Waals surface area contributed by atoms with Gasteiger partial charge in [0.25, 0.3) is 0 Å². The number of benzene rings is 1. The number of fused-ring (bicyclic) bond motifs is 1. The quantitative estimate of drug-likeness (QED) is 0.493. The van der Waals surface area contributed by atoms with Crippen molar-refractivity contribution in [2.45, 2.75) is 50.9 Å². The lowest BCUT2D eigenvalue weighted by molar-refractivity contribution is -0.131. The molecule has 0 atom stereocenters. The second-order valence-electron chi connectivity index (χ2n) is 9.15. The molecule has 0 saturated carbocycles. The zero-order chi connectivity index (χ0) is 25.7. The number of aryl methyl sites for hydroxylation is 2. The number of carboxylic acid groups (broad SMARTS) is 1. The molecule has 0 unspecified atom stereocenters. The number of aromatic carboxylic acids is 1. The average Bonchev–Trinajstić information content (AvgIpc) is 3.50. The number of amides is 1. The number of piperidine rings is 1. The summed E-state index contributed by atoms with van der Waals surface area (Å²) in [5.41, 5.74) is 3.68. The van der Waals surface area contributed by atoms with Crippen LogP contribution in [0.2, 0.25) is 5.02 Å². The van der Waals surface area contributed by atoms with E-state index in [2.05, 4.69) is 15.4 Å². The van der Waals surface area contributed by atoms with Crippen molar-refractivity contribution in [3.8, 4) is 0 Å². The summed E-state index contributed by atoms with van der Waals surface area (Å²) in [6.07, 6.45) is 6.89. The van der Waals surface area contributed by atoms with Crippen LogP contribution in [-0.2, 0) is 31.1 Å². The molecule has 3 heterocycles. The Morgan fingerprint density at radius 3 is 2.58 bits per heavy atom. The van der Waals surface area contributed by atoms with Crippen LogP contribution in [0.3, 0.4) is 0 Å². The first-order valence-corrected chi connectivity index (χ1v) is 13.6. The van der Waals surface area contributed by atoms with Gasteiger partial charge < -0.3 is 15.3 Å². The van der Waals surface area contributed by atoms with E-state index in [1.807, 2.05) is 41.9 Å². The minimum atomic E-state index is -0.996. The normalized spacial score (nSPS) is 15.6. The number of likely N-dealkylation sites (tertiary alicyclic amines) is 1. The van der Waals surface area contributed by atoms with E-state index >= 15 is 0 Å². The highest BCUT2D eigenvalue weighted by Gasteiger charge is 2.26. The molecular formula is C26H32ClN5O3S. The summed E-state index contributed by atoms with van der Waals surface area (Å²) in [6, 6.07) is 7.39. The number of aromatic nitrogens is 3. The fourth-order valence-electron chi connectivity index (χ4n) is 4.86. The first-order chi connectivity index (χ1) is 17.4. The maximum absolute atomic E-state index is 12.4. The average molecular weight is 530 g/mol. The number of anilines is 1. The van der Waals surface area contributed by atoms with Crippen LogP contribution in [0.5, 0.6) is 0 Å². The van der Waals surface area contributed by atoms with Gasteiger partial charge in [0.15, 0.2) is 5.69 Å². The van der Waals surface area contributed by atoms with Gasteiger partial charge >= 0.3 is 5.97 Å². The third-order valence-corrected chi connectivity index (χ3v) is 8.17. The molecule has 3 aromatic rings. The van der Waals surface area contributed by atoms with Crippen LogP contribution in [0, 0.1) is 0 Å². The van der Waals surface area contributed by atoms with Gasteiger partial charge in [-0.15, -0.1) is 11.3 Å². The van der Waals surface area contributed by atoms with Crippen LogP contribution in [0.1, 0.15) is 63.9 Å². The zero-order valence-electron chi connectivity index (χ0n) is 20.7. The number of carbonyl (C=O) groups is 2. The van der Waals surface area contributed by atoms with Crippen LogP contribution < -0.4 is 5.32 Å². The first kappa shape index (κ1) is 26.2. The van der Waals surface area contributed by atoms with E-state index in [0.29, 0.717) is 24.5 Å². The summed E-state index contributed by atoms with van der Waals surface area (Å²) in [7, 11) is 3.97. The smallest absolute Gasteiger partial charge is 0.355 e. The van der Waals surface area contributed by atoms with E-state index < -0.39 is 5.97 Å². The van der Waals surface area contributed by atoms with Gasteiger partial charge in [-0.25, -0.2) is 9.78 Å². The summed E-state index contributed by atoms with van der Waals surface area (Å²) in [5, 5.41) is 19.7. The third-order valence-electron chi connectivity index (χ3n) is 6.79. The lowest BCUT2D eigenvalue weighted by Gasteiger charge is -2.31. The molecule has 2 N–H and O–H groups in total. The number of hydrogen-bond donors (Lipinski definition) is 2. The summed E-state index contributed by atoms with van der Waals surface area (Å²) in [6.45, 7) is 1.33. The molecule has 2 aromatic heterocycles. The Labute approximate surface area is 220 Å². The number of halogens is 1. The van der Waals surface area contributed by atoms with Crippen molar-refractivity contribution in [3.63, 3.8) is 0 Å². The fraction of sp³-hybridized carbons (Fsp3) is 0.462. The van der Waals surface area contributed by atoms with Crippen LogP contribution in [-0.4, -0.2) is 56.8 Å². The van der Waals surface area contributed by atoms with Gasteiger partial charge in [0.05, 0.1) is 17.1 Å². The lowest BCUT2D eigenvalue weighted by Crippen LogP contribution is -2.38. The topological polar surface area (TPSA) is 100 Å². The number of nitrogens with one attached hydrogen (secondary N) is 1. The molecule has 1 amide bonds. The predicted octanol–water partition coefficient (Wildman–Crippen LogP) is 4.78. The SMILES string of the molecule is CNc1c2c(nn1C)CCCC2.O=C(O)c1csc(C2CCN(C(=O)Cc3ccccc3Cl)CC2)n1. The largest absolute Gasteiger partial charge is 0.476 e. The van der Waals surface area contributed by atoms with E-state index in [9.17, 15) is 9.59 Å². The van der Waals surface area contributed by atoms with Gasteiger partial charge in [-0.1, -0.05) is 29.8 Å². The van der Waals surface area contributed by atoms with Gasteiger partial charge in [-0.3, -0.25) is 9.48 Å². The van der Waals surface area contributed by atoms with Crippen LogP contribution >= 0.6 is 22.9 Å². The van der Waals surface area contributed by atoms with E-state index in [-0.39, 0.29) is 17.5 Å². The van der Waals surface area contributed by atoms with Crippen molar-refractivity contribution in [2.24, 2.45) is 7.05 Å². The Bertz CT molecular complexity index is 1220. The molecule has 1 fully saturated rings. The molecule has 1 aromatic carbocycles. The van der Waals surface area contributed by atoms with E-state index in [1.54, 1.807) is 11.4 Å². The summed E-state index contributed by atoms with van der Waals surface area (Å²) in [5.74, 6) is 0.508. The third kappa shape index (κ3) is 6.07. The highest BCUT2D eigenvalue weighted by atomic mass is 35.5. The molecule has 2 aliphatic rings. The minimum Gasteiger partial charge on any atom is -0.476 e. The molecule has 10 heteroatoms. The molecule has 1 aliphatic heterocycles. The summed E-state index contributed by atoms with van der Waals surface area (Å²) in [4.78, 5) is 29.4. The number of thiazole rings is 1. The number of carbonyl (C=O) groups excluding carboxylic acids is 1. The highest BCUT2D eigenvalue weighted by molar-refractivity contribution is 7.09. The van der Waals surface area contributed by atoms with E-state index in [4.69, 9.17) is 16.7 Å². The first-order valence-electron chi connectivity index (χ1n) is 12.3. The number of rotatable bonds is 5. The van der Waals surface area contributed by atoms with Crippen molar-refractivity contribution in [3.05, 3.63) is 62.2 Å². The maximum Gasteiger partial charge on any atom is 0.355 e. The van der Waals surface area contributed by atoms with Crippen molar-refractivity contribution >= 4 is 40.6 Å². The van der Waals surface area contributed by atoms with Gasteiger partial charge in [0.2, 0.25) is 5.91 Å². The second-order valence-corrected chi connectivity index (χ2v) is 10.5. The lowest BCUT2D eigenvalue weighted by atomic mass is 9.97. The Morgan fingerprint density at radius 1 is 1.19 bits per heavy atom.